The van der Waals surface area contributed by atoms with Crippen molar-refractivity contribution in [3.05, 3.63) is 0 Å². The van der Waals surface area contributed by atoms with E-state index >= 15 is 0 Å². The summed E-state index contributed by atoms with van der Waals surface area (Å²) in [5.74, 6) is 0.173. The zero-order valence-electron chi connectivity index (χ0n) is 11.9. The van der Waals surface area contributed by atoms with Crippen molar-refractivity contribution >= 4 is 5.97 Å². The summed E-state index contributed by atoms with van der Waals surface area (Å²) in [5, 5.41) is 2.87. The molecule has 1 heterocycles. The van der Waals surface area contributed by atoms with Gasteiger partial charge in [0.2, 0.25) is 0 Å². The lowest BCUT2D eigenvalue weighted by molar-refractivity contribution is -0.155. The van der Waals surface area contributed by atoms with Gasteiger partial charge in [-0.2, -0.15) is 0 Å². The van der Waals surface area contributed by atoms with Crippen molar-refractivity contribution in [3.63, 3.8) is 0 Å². The van der Waals surface area contributed by atoms with Crippen molar-refractivity contribution in [1.82, 2.24) is 5.32 Å². The SMILES string of the molecule is CN[C@@H](C)C(=O)OC1C[C@H](C(C)C)O[C@@H]1COC. The summed E-state index contributed by atoms with van der Waals surface area (Å²) in [5.41, 5.74) is 0. The Labute approximate surface area is 109 Å². The first-order valence-corrected chi connectivity index (χ1v) is 6.51. The van der Waals surface area contributed by atoms with Gasteiger partial charge in [-0.15, -0.1) is 0 Å². The first-order valence-electron chi connectivity index (χ1n) is 6.51. The van der Waals surface area contributed by atoms with Gasteiger partial charge in [0.05, 0.1) is 12.7 Å². The van der Waals surface area contributed by atoms with E-state index < -0.39 is 0 Å². The number of hydrogen-bond donors (Lipinski definition) is 1. The smallest absolute Gasteiger partial charge is 0.323 e. The summed E-state index contributed by atoms with van der Waals surface area (Å²) in [6.45, 7) is 6.45. The highest BCUT2D eigenvalue weighted by molar-refractivity contribution is 5.75. The number of carbonyl (C=O) groups excluding carboxylic acids is 1. The van der Waals surface area contributed by atoms with Crippen molar-refractivity contribution in [2.75, 3.05) is 20.8 Å². The molecule has 1 rings (SSSR count). The Bertz CT molecular complexity index is 270. The minimum absolute atomic E-state index is 0.132. The number of hydrogen-bond acceptors (Lipinski definition) is 5. The van der Waals surface area contributed by atoms with Gasteiger partial charge in [-0.1, -0.05) is 13.8 Å². The fraction of sp³-hybridized carbons (Fsp3) is 0.923. The average molecular weight is 259 g/mol. The van der Waals surface area contributed by atoms with E-state index in [4.69, 9.17) is 14.2 Å². The minimum Gasteiger partial charge on any atom is -0.458 e. The number of carbonyl (C=O) groups is 1. The van der Waals surface area contributed by atoms with Crippen molar-refractivity contribution in [3.8, 4) is 0 Å². The fourth-order valence-electron chi connectivity index (χ4n) is 1.98. The monoisotopic (exact) mass is 259 g/mol. The molecule has 0 bridgehead atoms. The minimum atomic E-state index is -0.300. The Hall–Kier alpha value is -0.650. The number of methoxy groups -OCH3 is 1. The zero-order chi connectivity index (χ0) is 13.7. The van der Waals surface area contributed by atoms with Crippen LogP contribution in [-0.2, 0) is 19.0 Å². The first kappa shape index (κ1) is 15.4. The van der Waals surface area contributed by atoms with E-state index in [1.807, 2.05) is 0 Å². The lowest BCUT2D eigenvalue weighted by Crippen LogP contribution is -2.38. The second kappa shape index (κ2) is 7.07. The van der Waals surface area contributed by atoms with Gasteiger partial charge < -0.3 is 19.5 Å². The molecule has 1 aliphatic heterocycles. The first-order chi connectivity index (χ1) is 8.49. The van der Waals surface area contributed by atoms with Gasteiger partial charge in [0.15, 0.2) is 0 Å². The van der Waals surface area contributed by atoms with Crippen LogP contribution in [0.2, 0.25) is 0 Å². The molecule has 106 valence electrons. The maximum atomic E-state index is 11.8. The van der Waals surface area contributed by atoms with Gasteiger partial charge in [0.1, 0.15) is 18.2 Å². The van der Waals surface area contributed by atoms with Gasteiger partial charge in [-0.3, -0.25) is 4.79 Å². The van der Waals surface area contributed by atoms with E-state index in [1.54, 1.807) is 21.1 Å². The molecule has 1 N–H and O–H groups in total. The summed E-state index contributed by atoms with van der Waals surface area (Å²) in [7, 11) is 3.36. The van der Waals surface area contributed by atoms with Crippen LogP contribution in [0.25, 0.3) is 0 Å². The van der Waals surface area contributed by atoms with E-state index in [9.17, 15) is 4.79 Å². The molecule has 0 spiro atoms. The molecular formula is C13H25NO4. The summed E-state index contributed by atoms with van der Waals surface area (Å²) >= 11 is 0. The Morgan fingerprint density at radius 3 is 2.61 bits per heavy atom. The average Bonchev–Trinajstić information content (AvgIpc) is 2.72. The normalized spacial score (nSPS) is 29.6. The van der Waals surface area contributed by atoms with Crippen LogP contribution in [0, 0.1) is 5.92 Å². The second-order valence-corrected chi connectivity index (χ2v) is 5.13. The Morgan fingerprint density at radius 1 is 1.44 bits per heavy atom. The van der Waals surface area contributed by atoms with E-state index in [2.05, 4.69) is 19.2 Å². The lowest BCUT2D eigenvalue weighted by Gasteiger charge is -2.20. The predicted molar refractivity (Wildman–Crippen MR) is 68.4 cm³/mol. The maximum absolute atomic E-state index is 11.8. The van der Waals surface area contributed by atoms with Crippen LogP contribution in [-0.4, -0.2) is 51.1 Å². The molecule has 0 radical (unpaired) electrons. The van der Waals surface area contributed by atoms with Crippen LogP contribution in [0.15, 0.2) is 0 Å². The number of rotatable bonds is 6. The highest BCUT2D eigenvalue weighted by atomic mass is 16.6. The predicted octanol–water partition coefficient (Wildman–Crippen LogP) is 0.966. The van der Waals surface area contributed by atoms with Gasteiger partial charge in [-0.05, 0) is 19.9 Å². The van der Waals surface area contributed by atoms with Crippen LogP contribution in [0.5, 0.6) is 0 Å². The molecule has 0 aliphatic carbocycles. The lowest BCUT2D eigenvalue weighted by atomic mass is 10.0. The zero-order valence-corrected chi connectivity index (χ0v) is 11.9. The Balaban J connectivity index is 2.58. The van der Waals surface area contributed by atoms with E-state index in [0.717, 1.165) is 6.42 Å². The second-order valence-electron chi connectivity index (χ2n) is 5.13. The molecule has 1 fully saturated rings. The standard InChI is InChI=1S/C13H25NO4/c1-8(2)10-6-11(12(17-10)7-16-5)18-13(15)9(3)14-4/h8-12,14H,6-7H2,1-5H3/t9-,10+,11?,12+/m0/s1. The molecule has 1 saturated heterocycles. The maximum Gasteiger partial charge on any atom is 0.323 e. The number of esters is 1. The van der Waals surface area contributed by atoms with Gasteiger partial charge in [0, 0.05) is 13.5 Å². The molecule has 1 aliphatic rings. The van der Waals surface area contributed by atoms with Crippen molar-refractivity contribution in [2.45, 2.75) is 51.5 Å². The molecule has 5 nitrogen and oxygen atoms in total. The summed E-state index contributed by atoms with van der Waals surface area (Å²) in [6.07, 6.45) is 0.511. The molecule has 0 aromatic carbocycles. The van der Waals surface area contributed by atoms with Crippen LogP contribution in [0.3, 0.4) is 0 Å². The molecule has 0 aromatic heterocycles. The van der Waals surface area contributed by atoms with Gasteiger partial charge in [0.25, 0.3) is 0 Å². The van der Waals surface area contributed by atoms with Crippen LogP contribution < -0.4 is 5.32 Å². The molecule has 5 heteroatoms. The number of nitrogens with one attached hydrogen (secondary N) is 1. The van der Waals surface area contributed by atoms with E-state index in [0.29, 0.717) is 12.5 Å². The summed E-state index contributed by atoms with van der Waals surface area (Å²) in [4.78, 5) is 11.8. The molecular weight excluding hydrogens is 234 g/mol. The van der Waals surface area contributed by atoms with Crippen molar-refractivity contribution < 1.29 is 19.0 Å². The van der Waals surface area contributed by atoms with Crippen LogP contribution in [0.4, 0.5) is 0 Å². The van der Waals surface area contributed by atoms with Crippen LogP contribution >= 0.6 is 0 Å². The fourth-order valence-corrected chi connectivity index (χ4v) is 1.98. The van der Waals surface area contributed by atoms with Gasteiger partial charge in [-0.25, -0.2) is 0 Å². The third kappa shape index (κ3) is 3.93. The Kier molecular flexibility index (Phi) is 6.05. The van der Waals surface area contributed by atoms with Gasteiger partial charge >= 0.3 is 5.97 Å². The van der Waals surface area contributed by atoms with E-state index in [1.165, 1.54) is 0 Å². The highest BCUT2D eigenvalue weighted by Crippen LogP contribution is 2.28. The summed E-state index contributed by atoms with van der Waals surface area (Å²) in [6, 6.07) is -0.300. The van der Waals surface area contributed by atoms with Crippen LogP contribution in [0.1, 0.15) is 27.2 Å². The molecule has 1 unspecified atom stereocenters. The number of ether oxygens (including phenoxy) is 3. The van der Waals surface area contributed by atoms with Crippen molar-refractivity contribution in [2.24, 2.45) is 5.92 Å². The third-order valence-electron chi connectivity index (χ3n) is 3.36. The highest BCUT2D eigenvalue weighted by Gasteiger charge is 2.39. The topological polar surface area (TPSA) is 56.8 Å². The molecule has 0 aromatic rings. The third-order valence-corrected chi connectivity index (χ3v) is 3.36. The molecule has 18 heavy (non-hydrogen) atoms. The number of likely N-dealkylation sites (N-methyl/N-ethyl adjacent to an activating group) is 1. The van der Waals surface area contributed by atoms with E-state index in [-0.39, 0.29) is 30.3 Å². The van der Waals surface area contributed by atoms with Crippen molar-refractivity contribution in [1.29, 1.82) is 0 Å². The quantitative estimate of drug-likeness (QED) is 0.720. The molecule has 0 saturated carbocycles. The molecule has 0 amide bonds. The summed E-state index contributed by atoms with van der Waals surface area (Å²) < 4.78 is 16.5. The Morgan fingerprint density at radius 2 is 2.11 bits per heavy atom. The largest absolute Gasteiger partial charge is 0.458 e. The molecule has 4 atom stereocenters.